The lowest BCUT2D eigenvalue weighted by Gasteiger charge is -2.38. The van der Waals surface area contributed by atoms with E-state index in [0.29, 0.717) is 32.3 Å². The molecule has 2 aliphatic rings. The average Bonchev–Trinajstić information content (AvgIpc) is 3.35. The van der Waals surface area contributed by atoms with Crippen LogP contribution in [0.5, 0.6) is 0 Å². The second-order valence-electron chi connectivity index (χ2n) is 7.44. The standard InChI is InChI=1S/C19H23N5O3/c1-12-3-5-23(19(25)16-11-26-6-7-27-16)10-14(12)18-22-9-13-8-21-17-15(24(13)18)2-4-20-17/h2,4,8-9,12,14,16,20H,3,5-7,10-11H2,1H3/t12-,14+,16?/m1/s1. The number of hydrogen-bond donors (Lipinski definition) is 1. The number of fused-ring (bicyclic) bond motifs is 3. The minimum atomic E-state index is -0.481. The number of rotatable bonds is 2. The molecule has 5 rings (SSSR count). The van der Waals surface area contributed by atoms with Gasteiger partial charge in [-0.2, -0.15) is 0 Å². The quantitative estimate of drug-likeness (QED) is 0.741. The Balaban J connectivity index is 1.47. The normalized spacial score (nSPS) is 26.7. The minimum absolute atomic E-state index is 0.0286. The molecule has 3 aromatic heterocycles. The molecular formula is C19H23N5O3. The van der Waals surface area contributed by atoms with Gasteiger partial charge in [0.2, 0.25) is 0 Å². The predicted octanol–water partition coefficient (Wildman–Crippen LogP) is 1.58. The van der Waals surface area contributed by atoms with Crippen LogP contribution in [0.25, 0.3) is 16.7 Å². The number of hydrogen-bond acceptors (Lipinski definition) is 5. The first-order valence-electron chi connectivity index (χ1n) is 9.50. The molecule has 27 heavy (non-hydrogen) atoms. The Morgan fingerprint density at radius 3 is 3.04 bits per heavy atom. The fraction of sp³-hybridized carbons (Fsp3) is 0.526. The second kappa shape index (κ2) is 6.61. The SMILES string of the molecule is C[C@@H]1CCN(C(=O)C2COCCO2)C[C@@H]1c1ncc2cnc3[nH]ccc3n12. The fourth-order valence-electron chi connectivity index (χ4n) is 4.20. The summed E-state index contributed by atoms with van der Waals surface area (Å²) in [7, 11) is 0. The van der Waals surface area contributed by atoms with E-state index >= 15 is 0 Å². The van der Waals surface area contributed by atoms with Crippen LogP contribution in [0, 0.1) is 5.92 Å². The zero-order valence-corrected chi connectivity index (χ0v) is 15.3. The third-order valence-electron chi connectivity index (χ3n) is 5.78. The van der Waals surface area contributed by atoms with Crippen LogP contribution < -0.4 is 0 Å². The van der Waals surface area contributed by atoms with Gasteiger partial charge in [-0.15, -0.1) is 0 Å². The number of amides is 1. The number of aromatic nitrogens is 4. The van der Waals surface area contributed by atoms with Gasteiger partial charge in [0, 0.05) is 25.2 Å². The summed E-state index contributed by atoms with van der Waals surface area (Å²) in [6, 6.07) is 2.02. The van der Waals surface area contributed by atoms with Crippen LogP contribution in [-0.2, 0) is 14.3 Å². The van der Waals surface area contributed by atoms with E-state index in [1.807, 2.05) is 29.6 Å². The number of likely N-dealkylation sites (tertiary alicyclic amines) is 1. The van der Waals surface area contributed by atoms with Crippen molar-refractivity contribution in [3.05, 3.63) is 30.5 Å². The number of carbonyl (C=O) groups is 1. The van der Waals surface area contributed by atoms with Crippen LogP contribution in [0.1, 0.15) is 25.1 Å². The van der Waals surface area contributed by atoms with E-state index in [0.717, 1.165) is 35.5 Å². The summed E-state index contributed by atoms with van der Waals surface area (Å²) in [6.07, 6.45) is 6.05. The van der Waals surface area contributed by atoms with Gasteiger partial charge in [-0.25, -0.2) is 9.97 Å². The van der Waals surface area contributed by atoms with E-state index in [4.69, 9.17) is 14.5 Å². The topological polar surface area (TPSA) is 84.8 Å². The van der Waals surface area contributed by atoms with E-state index in [9.17, 15) is 4.79 Å². The second-order valence-corrected chi connectivity index (χ2v) is 7.44. The van der Waals surface area contributed by atoms with Crippen molar-refractivity contribution >= 4 is 22.6 Å². The monoisotopic (exact) mass is 369 g/mol. The minimum Gasteiger partial charge on any atom is -0.376 e. The molecule has 3 aromatic rings. The molecule has 1 unspecified atom stereocenters. The maximum atomic E-state index is 12.9. The lowest BCUT2D eigenvalue weighted by Crippen LogP contribution is -2.50. The first-order valence-corrected chi connectivity index (χ1v) is 9.50. The van der Waals surface area contributed by atoms with Gasteiger partial charge in [0.25, 0.3) is 5.91 Å². The van der Waals surface area contributed by atoms with Gasteiger partial charge in [0.05, 0.1) is 43.2 Å². The van der Waals surface area contributed by atoms with E-state index in [2.05, 4.69) is 21.3 Å². The molecule has 2 saturated heterocycles. The predicted molar refractivity (Wildman–Crippen MR) is 98.5 cm³/mol. The van der Waals surface area contributed by atoms with Gasteiger partial charge in [-0.05, 0) is 18.4 Å². The lowest BCUT2D eigenvalue weighted by atomic mass is 9.86. The van der Waals surface area contributed by atoms with Gasteiger partial charge in [-0.3, -0.25) is 9.20 Å². The zero-order valence-electron chi connectivity index (χ0n) is 15.3. The van der Waals surface area contributed by atoms with Gasteiger partial charge >= 0.3 is 0 Å². The molecule has 0 aromatic carbocycles. The molecule has 0 aliphatic carbocycles. The zero-order chi connectivity index (χ0) is 18.4. The molecule has 1 amide bonds. The van der Waals surface area contributed by atoms with Crippen molar-refractivity contribution in [1.82, 2.24) is 24.3 Å². The van der Waals surface area contributed by atoms with Crippen molar-refractivity contribution in [2.75, 3.05) is 32.9 Å². The van der Waals surface area contributed by atoms with Gasteiger partial charge in [0.1, 0.15) is 5.82 Å². The smallest absolute Gasteiger partial charge is 0.254 e. The van der Waals surface area contributed by atoms with Crippen molar-refractivity contribution in [3.8, 4) is 0 Å². The highest BCUT2D eigenvalue weighted by Crippen LogP contribution is 2.33. The Bertz CT molecular complexity index is 974. The molecule has 8 nitrogen and oxygen atoms in total. The molecule has 1 N–H and O–H groups in total. The summed E-state index contributed by atoms with van der Waals surface area (Å²) in [5.41, 5.74) is 2.82. The number of aromatic amines is 1. The first kappa shape index (κ1) is 16.7. The maximum Gasteiger partial charge on any atom is 0.254 e. The molecule has 142 valence electrons. The Morgan fingerprint density at radius 2 is 2.19 bits per heavy atom. The number of nitrogens with one attached hydrogen (secondary N) is 1. The van der Waals surface area contributed by atoms with Crippen LogP contribution in [0.3, 0.4) is 0 Å². The number of H-pyrrole nitrogens is 1. The van der Waals surface area contributed by atoms with Crippen molar-refractivity contribution in [2.45, 2.75) is 25.4 Å². The summed E-state index contributed by atoms with van der Waals surface area (Å²) in [6.45, 7) is 5.02. The number of piperidine rings is 1. The summed E-state index contributed by atoms with van der Waals surface area (Å²) in [5.74, 6) is 1.62. The molecule has 0 spiro atoms. The molecule has 2 aliphatic heterocycles. The third-order valence-corrected chi connectivity index (χ3v) is 5.78. The molecule has 8 heteroatoms. The number of ether oxygens (including phenoxy) is 2. The van der Waals surface area contributed by atoms with Crippen molar-refractivity contribution < 1.29 is 14.3 Å². The van der Waals surface area contributed by atoms with Crippen LogP contribution in [0.4, 0.5) is 0 Å². The van der Waals surface area contributed by atoms with Crippen LogP contribution >= 0.6 is 0 Å². The van der Waals surface area contributed by atoms with E-state index in [1.165, 1.54) is 0 Å². The van der Waals surface area contributed by atoms with Crippen LogP contribution in [0.15, 0.2) is 24.7 Å². The molecule has 0 bridgehead atoms. The number of nitrogens with zero attached hydrogens (tertiary/aromatic N) is 4. The molecular weight excluding hydrogens is 346 g/mol. The van der Waals surface area contributed by atoms with E-state index < -0.39 is 6.10 Å². The third kappa shape index (κ3) is 2.80. The fourth-order valence-corrected chi connectivity index (χ4v) is 4.20. The highest BCUT2D eigenvalue weighted by atomic mass is 16.6. The van der Waals surface area contributed by atoms with Gasteiger partial charge in [-0.1, -0.05) is 6.92 Å². The van der Waals surface area contributed by atoms with Crippen LogP contribution in [-0.4, -0.2) is 69.2 Å². The number of imidazole rings is 1. The Morgan fingerprint density at radius 1 is 1.30 bits per heavy atom. The van der Waals surface area contributed by atoms with Gasteiger partial charge < -0.3 is 19.4 Å². The Kier molecular flexibility index (Phi) is 4.09. The average molecular weight is 369 g/mol. The molecule has 0 saturated carbocycles. The summed E-state index contributed by atoms with van der Waals surface area (Å²) < 4.78 is 13.2. The maximum absolute atomic E-state index is 12.9. The van der Waals surface area contributed by atoms with Crippen molar-refractivity contribution in [3.63, 3.8) is 0 Å². The molecule has 2 fully saturated rings. The van der Waals surface area contributed by atoms with Crippen molar-refractivity contribution in [2.24, 2.45) is 5.92 Å². The van der Waals surface area contributed by atoms with Crippen LogP contribution in [0.2, 0.25) is 0 Å². The first-order chi connectivity index (χ1) is 13.2. The van der Waals surface area contributed by atoms with E-state index in [1.54, 1.807) is 0 Å². The Hall–Kier alpha value is -2.45. The Labute approximate surface area is 156 Å². The summed E-state index contributed by atoms with van der Waals surface area (Å²) >= 11 is 0. The van der Waals surface area contributed by atoms with Gasteiger partial charge in [0.15, 0.2) is 11.8 Å². The summed E-state index contributed by atoms with van der Waals surface area (Å²) in [4.78, 5) is 27.1. The highest BCUT2D eigenvalue weighted by molar-refractivity contribution is 5.81. The molecule has 5 heterocycles. The highest BCUT2D eigenvalue weighted by Gasteiger charge is 2.36. The number of carbonyl (C=O) groups excluding carboxylic acids is 1. The summed E-state index contributed by atoms with van der Waals surface area (Å²) in [5, 5.41) is 0. The van der Waals surface area contributed by atoms with E-state index in [-0.39, 0.29) is 11.8 Å². The molecule has 3 atom stereocenters. The largest absolute Gasteiger partial charge is 0.376 e. The molecule has 0 radical (unpaired) electrons. The lowest BCUT2D eigenvalue weighted by molar-refractivity contribution is -0.159. The van der Waals surface area contributed by atoms with Crippen molar-refractivity contribution in [1.29, 1.82) is 0 Å².